The first-order chi connectivity index (χ1) is 11.0. The molecule has 0 radical (unpaired) electrons. The van der Waals surface area contributed by atoms with Crippen LogP contribution in [-0.4, -0.2) is 24.2 Å². The molecule has 2 rings (SSSR count). The van der Waals surface area contributed by atoms with Crippen LogP contribution in [-0.2, 0) is 0 Å². The molecule has 1 N–H and O–H groups in total. The molecule has 0 saturated carbocycles. The number of nitro benzene ring substituents is 1. The zero-order valence-electron chi connectivity index (χ0n) is 12.0. The summed E-state index contributed by atoms with van der Waals surface area (Å²) in [6, 6.07) is 10.5. The summed E-state index contributed by atoms with van der Waals surface area (Å²) in [5.41, 5.74) is 2.90. The number of nitro groups is 1. The van der Waals surface area contributed by atoms with Gasteiger partial charge in [-0.2, -0.15) is 5.10 Å². The Morgan fingerprint density at radius 2 is 2.13 bits per heavy atom. The number of nitrogens with zero attached hydrogens (tertiary/aromatic N) is 2. The van der Waals surface area contributed by atoms with Gasteiger partial charge in [0.1, 0.15) is 5.75 Å². The number of rotatable bonds is 5. The van der Waals surface area contributed by atoms with Crippen LogP contribution in [0.25, 0.3) is 0 Å². The molecule has 23 heavy (non-hydrogen) atoms. The van der Waals surface area contributed by atoms with Gasteiger partial charge >= 0.3 is 0 Å². The number of amides is 1. The highest BCUT2D eigenvalue weighted by Crippen LogP contribution is 2.20. The molecule has 0 aliphatic rings. The van der Waals surface area contributed by atoms with Crippen LogP contribution in [0.4, 0.5) is 5.69 Å². The summed E-state index contributed by atoms with van der Waals surface area (Å²) < 4.78 is 5.03. The lowest BCUT2D eigenvalue weighted by molar-refractivity contribution is -0.384. The number of halogens is 1. The predicted molar refractivity (Wildman–Crippen MR) is 86.2 cm³/mol. The summed E-state index contributed by atoms with van der Waals surface area (Å²) in [6.45, 7) is 0. The summed E-state index contributed by atoms with van der Waals surface area (Å²) in [4.78, 5) is 22.1. The number of hydrogen-bond donors (Lipinski definition) is 1. The van der Waals surface area contributed by atoms with E-state index in [1.807, 2.05) is 0 Å². The zero-order chi connectivity index (χ0) is 16.8. The second-order valence-electron chi connectivity index (χ2n) is 4.39. The Balaban J connectivity index is 2.10. The number of nitrogens with one attached hydrogen (secondary N) is 1. The molecule has 0 bridgehead atoms. The maximum absolute atomic E-state index is 11.9. The number of benzene rings is 2. The van der Waals surface area contributed by atoms with Gasteiger partial charge in [0.2, 0.25) is 0 Å². The van der Waals surface area contributed by atoms with Crippen LogP contribution < -0.4 is 10.2 Å². The third-order valence-corrected chi connectivity index (χ3v) is 3.24. The maximum atomic E-state index is 11.9. The second-order valence-corrected chi connectivity index (χ2v) is 4.80. The van der Waals surface area contributed by atoms with Crippen LogP contribution >= 0.6 is 11.6 Å². The molecule has 0 atom stereocenters. The molecule has 118 valence electrons. The van der Waals surface area contributed by atoms with Crippen molar-refractivity contribution in [3.05, 3.63) is 68.7 Å². The molecule has 0 spiro atoms. The Morgan fingerprint density at radius 3 is 2.83 bits per heavy atom. The molecule has 0 saturated heterocycles. The van der Waals surface area contributed by atoms with E-state index in [2.05, 4.69) is 10.5 Å². The van der Waals surface area contributed by atoms with Gasteiger partial charge in [-0.1, -0.05) is 17.7 Å². The van der Waals surface area contributed by atoms with Crippen molar-refractivity contribution in [1.29, 1.82) is 0 Å². The fourth-order valence-electron chi connectivity index (χ4n) is 1.73. The molecule has 0 aromatic heterocycles. The summed E-state index contributed by atoms with van der Waals surface area (Å²) in [5, 5.41) is 14.8. The number of carbonyl (C=O) groups is 1. The second kappa shape index (κ2) is 7.37. The Hall–Kier alpha value is -2.93. The van der Waals surface area contributed by atoms with Crippen LogP contribution in [0.2, 0.25) is 5.02 Å². The third kappa shape index (κ3) is 4.27. The van der Waals surface area contributed by atoms with Crippen molar-refractivity contribution >= 4 is 29.4 Å². The SMILES string of the molecule is COc1cccc(C(=O)N/N=C/c2cc([N+](=O)[O-])ccc2Cl)c1. The highest BCUT2D eigenvalue weighted by atomic mass is 35.5. The Bertz CT molecular complexity index is 777. The van der Waals surface area contributed by atoms with E-state index in [4.69, 9.17) is 16.3 Å². The fourth-order valence-corrected chi connectivity index (χ4v) is 1.90. The van der Waals surface area contributed by atoms with Gasteiger partial charge in [-0.25, -0.2) is 5.43 Å². The van der Waals surface area contributed by atoms with E-state index in [9.17, 15) is 14.9 Å². The molecule has 0 unspecified atom stereocenters. The first-order valence-corrected chi connectivity index (χ1v) is 6.80. The topological polar surface area (TPSA) is 93.8 Å². The van der Waals surface area contributed by atoms with E-state index >= 15 is 0 Å². The quantitative estimate of drug-likeness (QED) is 0.517. The van der Waals surface area contributed by atoms with Crippen LogP contribution in [0.15, 0.2) is 47.6 Å². The van der Waals surface area contributed by atoms with Gasteiger partial charge in [-0.05, 0) is 24.3 Å². The van der Waals surface area contributed by atoms with Gasteiger partial charge < -0.3 is 4.74 Å². The number of non-ortho nitro benzene ring substituents is 1. The Labute approximate surface area is 136 Å². The number of hydrogen-bond acceptors (Lipinski definition) is 5. The van der Waals surface area contributed by atoms with Crippen molar-refractivity contribution < 1.29 is 14.5 Å². The molecule has 1 amide bonds. The molecule has 0 aliphatic heterocycles. The highest BCUT2D eigenvalue weighted by molar-refractivity contribution is 6.33. The van der Waals surface area contributed by atoms with Crippen LogP contribution in [0, 0.1) is 10.1 Å². The van der Waals surface area contributed by atoms with E-state index in [-0.39, 0.29) is 10.7 Å². The predicted octanol–water partition coefficient (Wildman–Crippen LogP) is 3.02. The van der Waals surface area contributed by atoms with Gasteiger partial charge in [0.05, 0.1) is 18.2 Å². The van der Waals surface area contributed by atoms with E-state index in [1.54, 1.807) is 24.3 Å². The van der Waals surface area contributed by atoms with Crippen molar-refractivity contribution in [2.45, 2.75) is 0 Å². The van der Waals surface area contributed by atoms with Gasteiger partial charge in [-0.3, -0.25) is 14.9 Å². The molecule has 2 aromatic carbocycles. The van der Waals surface area contributed by atoms with E-state index in [1.165, 1.54) is 31.5 Å². The third-order valence-electron chi connectivity index (χ3n) is 2.89. The molecular formula is C15H12ClN3O4. The van der Waals surface area contributed by atoms with Gasteiger partial charge in [-0.15, -0.1) is 0 Å². The van der Waals surface area contributed by atoms with E-state index in [0.29, 0.717) is 16.9 Å². The molecule has 8 heteroatoms. The molecule has 0 heterocycles. The minimum Gasteiger partial charge on any atom is -0.497 e. The first kappa shape index (κ1) is 16.4. The summed E-state index contributed by atoms with van der Waals surface area (Å²) in [7, 11) is 1.50. The van der Waals surface area contributed by atoms with Crippen molar-refractivity contribution in [2.75, 3.05) is 7.11 Å². The minimum absolute atomic E-state index is 0.116. The van der Waals surface area contributed by atoms with Crippen molar-refractivity contribution in [3.8, 4) is 5.75 Å². The van der Waals surface area contributed by atoms with Crippen molar-refractivity contribution in [1.82, 2.24) is 5.43 Å². The normalized spacial score (nSPS) is 10.5. The van der Waals surface area contributed by atoms with Crippen LogP contribution in [0.1, 0.15) is 15.9 Å². The van der Waals surface area contributed by atoms with Gasteiger partial charge in [0, 0.05) is 28.3 Å². The maximum Gasteiger partial charge on any atom is 0.271 e. The Kier molecular flexibility index (Phi) is 5.27. The number of hydrazone groups is 1. The molecule has 0 fully saturated rings. The monoisotopic (exact) mass is 333 g/mol. The summed E-state index contributed by atoms with van der Waals surface area (Å²) >= 11 is 5.93. The van der Waals surface area contributed by atoms with Gasteiger partial charge in [0.25, 0.3) is 11.6 Å². The zero-order valence-corrected chi connectivity index (χ0v) is 12.8. The summed E-state index contributed by atoms with van der Waals surface area (Å²) in [5.74, 6) is 0.102. The van der Waals surface area contributed by atoms with Crippen molar-refractivity contribution in [3.63, 3.8) is 0 Å². The lowest BCUT2D eigenvalue weighted by Gasteiger charge is -2.03. The lowest BCUT2D eigenvalue weighted by atomic mass is 10.2. The van der Waals surface area contributed by atoms with Crippen molar-refractivity contribution in [2.24, 2.45) is 5.10 Å². The molecule has 0 aliphatic carbocycles. The molecular weight excluding hydrogens is 322 g/mol. The average molecular weight is 334 g/mol. The lowest BCUT2D eigenvalue weighted by Crippen LogP contribution is -2.17. The summed E-state index contributed by atoms with van der Waals surface area (Å²) in [6.07, 6.45) is 1.24. The van der Waals surface area contributed by atoms with E-state index in [0.717, 1.165) is 0 Å². The number of carbonyl (C=O) groups excluding carboxylic acids is 1. The minimum atomic E-state index is -0.539. The fraction of sp³-hybridized carbons (Fsp3) is 0.0667. The molecule has 2 aromatic rings. The Morgan fingerprint density at radius 1 is 1.35 bits per heavy atom. The average Bonchev–Trinajstić information content (AvgIpc) is 2.56. The number of methoxy groups -OCH3 is 1. The molecule has 7 nitrogen and oxygen atoms in total. The smallest absolute Gasteiger partial charge is 0.271 e. The van der Waals surface area contributed by atoms with Gasteiger partial charge in [0.15, 0.2) is 0 Å². The largest absolute Gasteiger partial charge is 0.497 e. The first-order valence-electron chi connectivity index (χ1n) is 6.42. The van der Waals surface area contributed by atoms with Crippen LogP contribution in [0.3, 0.4) is 0 Å². The van der Waals surface area contributed by atoms with Crippen LogP contribution in [0.5, 0.6) is 5.75 Å². The van der Waals surface area contributed by atoms with E-state index < -0.39 is 10.8 Å². The highest BCUT2D eigenvalue weighted by Gasteiger charge is 2.09. The standard InChI is InChI=1S/C15H12ClN3O4/c1-23-13-4-2-3-10(8-13)15(20)18-17-9-11-7-12(19(21)22)5-6-14(11)16/h2-9H,1H3,(H,18,20)/b17-9+. The number of ether oxygens (including phenoxy) is 1.